The number of ether oxygens (including phenoxy) is 1. The summed E-state index contributed by atoms with van der Waals surface area (Å²) in [5.41, 5.74) is 1.50. The molecule has 0 aliphatic heterocycles. The molecule has 1 heterocycles. The van der Waals surface area contributed by atoms with Crippen LogP contribution in [-0.2, 0) is 9.53 Å². The van der Waals surface area contributed by atoms with Crippen LogP contribution >= 0.6 is 22.9 Å². The lowest BCUT2D eigenvalue weighted by atomic mass is 10.2. The number of nitrogens with one attached hydrogen (secondary N) is 1. The molecule has 116 valence electrons. The number of hydrogen-bond donors (Lipinski definition) is 1. The molecule has 1 N–H and O–H groups in total. The average molecular weight is 339 g/mol. The molecule has 1 amide bonds. The molecule has 1 aromatic carbocycles. The number of aryl methyl sites for hydroxylation is 1. The van der Waals surface area contributed by atoms with Crippen LogP contribution in [0.3, 0.4) is 0 Å². The van der Waals surface area contributed by atoms with Crippen LogP contribution in [0.1, 0.15) is 22.3 Å². The van der Waals surface area contributed by atoms with Crippen LogP contribution in [0.4, 0.5) is 0 Å². The Kier molecular flexibility index (Phi) is 5.15. The first-order valence-electron chi connectivity index (χ1n) is 6.54. The number of esters is 1. The normalized spacial score (nSPS) is 11.8. The van der Waals surface area contributed by atoms with E-state index in [0.717, 1.165) is 10.6 Å². The number of amides is 1. The molecule has 0 radical (unpaired) electrons. The SMILES string of the molecule is COC(=O)C(C)NC(=O)c1sc(-c2ccc(Cl)cc2)nc1C. The largest absolute Gasteiger partial charge is 0.467 e. The fourth-order valence-corrected chi connectivity index (χ4v) is 2.92. The van der Waals surface area contributed by atoms with Gasteiger partial charge in [-0.05, 0) is 26.0 Å². The van der Waals surface area contributed by atoms with Crippen LogP contribution in [0.5, 0.6) is 0 Å². The number of aromatic nitrogens is 1. The first kappa shape index (κ1) is 16.5. The number of thiazole rings is 1. The van der Waals surface area contributed by atoms with Gasteiger partial charge in [-0.1, -0.05) is 23.7 Å². The second kappa shape index (κ2) is 6.89. The molecule has 1 aromatic heterocycles. The van der Waals surface area contributed by atoms with Crippen molar-refractivity contribution in [2.45, 2.75) is 19.9 Å². The zero-order chi connectivity index (χ0) is 16.3. The highest BCUT2D eigenvalue weighted by atomic mass is 35.5. The molecule has 1 atom stereocenters. The van der Waals surface area contributed by atoms with Gasteiger partial charge in [-0.2, -0.15) is 0 Å². The van der Waals surface area contributed by atoms with Crippen LogP contribution in [0.2, 0.25) is 5.02 Å². The van der Waals surface area contributed by atoms with E-state index in [1.54, 1.807) is 26.0 Å². The van der Waals surface area contributed by atoms with Crippen molar-refractivity contribution in [2.75, 3.05) is 7.11 Å². The van der Waals surface area contributed by atoms with Crippen molar-refractivity contribution in [1.29, 1.82) is 0 Å². The number of methoxy groups -OCH3 is 1. The minimum Gasteiger partial charge on any atom is -0.467 e. The Hall–Kier alpha value is -1.92. The van der Waals surface area contributed by atoms with Crippen molar-refractivity contribution < 1.29 is 14.3 Å². The molecule has 1 unspecified atom stereocenters. The summed E-state index contributed by atoms with van der Waals surface area (Å²) in [7, 11) is 1.28. The summed E-state index contributed by atoms with van der Waals surface area (Å²) in [4.78, 5) is 28.5. The third-order valence-corrected chi connectivity index (χ3v) is 4.45. The lowest BCUT2D eigenvalue weighted by molar-refractivity contribution is -0.142. The fraction of sp³-hybridized carbons (Fsp3) is 0.267. The molecule has 0 bridgehead atoms. The molecular formula is C15H15ClN2O3S. The molecule has 7 heteroatoms. The fourth-order valence-electron chi connectivity index (χ4n) is 1.82. The Morgan fingerprint density at radius 2 is 1.95 bits per heavy atom. The number of hydrogen-bond acceptors (Lipinski definition) is 5. The number of nitrogens with zero attached hydrogens (tertiary/aromatic N) is 1. The van der Waals surface area contributed by atoms with E-state index in [4.69, 9.17) is 11.6 Å². The number of carbonyl (C=O) groups excluding carboxylic acids is 2. The summed E-state index contributed by atoms with van der Waals surface area (Å²) in [6.07, 6.45) is 0. The molecular weight excluding hydrogens is 324 g/mol. The Morgan fingerprint density at radius 1 is 1.32 bits per heavy atom. The molecule has 0 saturated heterocycles. The highest BCUT2D eigenvalue weighted by Crippen LogP contribution is 2.28. The van der Waals surface area contributed by atoms with Crippen LogP contribution < -0.4 is 5.32 Å². The van der Waals surface area contributed by atoms with Crippen LogP contribution in [0.25, 0.3) is 10.6 Å². The lowest BCUT2D eigenvalue weighted by Crippen LogP contribution is -2.39. The first-order chi connectivity index (χ1) is 10.4. The van der Waals surface area contributed by atoms with Crippen LogP contribution in [0, 0.1) is 6.92 Å². The van der Waals surface area contributed by atoms with Gasteiger partial charge in [0.15, 0.2) is 0 Å². The second-order valence-electron chi connectivity index (χ2n) is 4.66. The first-order valence-corrected chi connectivity index (χ1v) is 7.74. The molecule has 0 spiro atoms. The van der Waals surface area contributed by atoms with Gasteiger partial charge < -0.3 is 10.1 Å². The highest BCUT2D eigenvalue weighted by Gasteiger charge is 2.21. The van der Waals surface area contributed by atoms with Crippen molar-refractivity contribution >= 4 is 34.8 Å². The maximum Gasteiger partial charge on any atom is 0.328 e. The van der Waals surface area contributed by atoms with Crippen LogP contribution in [0.15, 0.2) is 24.3 Å². The Morgan fingerprint density at radius 3 is 2.55 bits per heavy atom. The van der Waals surface area contributed by atoms with E-state index in [-0.39, 0.29) is 5.91 Å². The van der Waals surface area contributed by atoms with E-state index in [1.807, 2.05) is 12.1 Å². The second-order valence-corrected chi connectivity index (χ2v) is 6.09. The lowest BCUT2D eigenvalue weighted by Gasteiger charge is -2.10. The van der Waals surface area contributed by atoms with Crippen molar-refractivity contribution in [3.8, 4) is 10.6 Å². The molecule has 0 fully saturated rings. The van der Waals surface area contributed by atoms with Crippen molar-refractivity contribution in [1.82, 2.24) is 10.3 Å². The molecule has 0 aliphatic carbocycles. The van der Waals surface area contributed by atoms with Gasteiger partial charge in [0.25, 0.3) is 5.91 Å². The molecule has 2 aromatic rings. The van der Waals surface area contributed by atoms with E-state index in [0.29, 0.717) is 15.6 Å². The van der Waals surface area contributed by atoms with Gasteiger partial charge in [0.05, 0.1) is 12.8 Å². The summed E-state index contributed by atoms with van der Waals surface area (Å²) in [5, 5.41) is 3.96. The molecule has 5 nitrogen and oxygen atoms in total. The van der Waals surface area contributed by atoms with E-state index in [2.05, 4.69) is 15.0 Å². The maximum absolute atomic E-state index is 12.2. The van der Waals surface area contributed by atoms with Crippen molar-refractivity contribution in [2.24, 2.45) is 0 Å². The third kappa shape index (κ3) is 3.64. The molecule has 2 rings (SSSR count). The smallest absolute Gasteiger partial charge is 0.328 e. The molecule has 0 saturated carbocycles. The summed E-state index contributed by atoms with van der Waals surface area (Å²) in [5.74, 6) is -0.832. The van der Waals surface area contributed by atoms with Crippen molar-refractivity contribution in [3.05, 3.63) is 39.9 Å². The van der Waals surface area contributed by atoms with E-state index in [1.165, 1.54) is 18.4 Å². The van der Waals surface area contributed by atoms with Gasteiger partial charge in [0.1, 0.15) is 15.9 Å². The maximum atomic E-state index is 12.2. The number of carbonyl (C=O) groups is 2. The minimum absolute atomic E-state index is 0.340. The van der Waals surface area contributed by atoms with Crippen LogP contribution in [-0.4, -0.2) is 30.0 Å². The summed E-state index contributed by atoms with van der Waals surface area (Å²) >= 11 is 7.13. The Bertz CT molecular complexity index is 697. The average Bonchev–Trinajstić information content (AvgIpc) is 2.89. The zero-order valence-corrected chi connectivity index (χ0v) is 13.9. The highest BCUT2D eigenvalue weighted by molar-refractivity contribution is 7.17. The predicted octanol–water partition coefficient (Wildman–Crippen LogP) is 3.06. The van der Waals surface area contributed by atoms with Crippen molar-refractivity contribution in [3.63, 3.8) is 0 Å². The molecule has 0 aliphatic rings. The zero-order valence-electron chi connectivity index (χ0n) is 12.3. The summed E-state index contributed by atoms with van der Waals surface area (Å²) in [6.45, 7) is 3.33. The van der Waals surface area contributed by atoms with Gasteiger partial charge in [-0.15, -0.1) is 11.3 Å². The van der Waals surface area contributed by atoms with E-state index in [9.17, 15) is 9.59 Å². The summed E-state index contributed by atoms with van der Waals surface area (Å²) in [6, 6.07) is 6.52. The Labute approximate surface area is 137 Å². The topological polar surface area (TPSA) is 68.3 Å². The minimum atomic E-state index is -0.710. The van der Waals surface area contributed by atoms with Gasteiger partial charge in [0, 0.05) is 10.6 Å². The summed E-state index contributed by atoms with van der Waals surface area (Å²) < 4.78 is 4.59. The quantitative estimate of drug-likeness (QED) is 0.870. The standard InChI is InChI=1S/C15H15ClN2O3S/c1-8-12(13(19)17-9(2)15(20)21-3)22-14(18-8)10-4-6-11(16)7-5-10/h4-7,9H,1-3H3,(H,17,19). The number of halogens is 1. The molecule has 22 heavy (non-hydrogen) atoms. The predicted molar refractivity (Wildman–Crippen MR) is 86.2 cm³/mol. The van der Waals surface area contributed by atoms with Gasteiger partial charge in [0.2, 0.25) is 0 Å². The monoisotopic (exact) mass is 338 g/mol. The van der Waals surface area contributed by atoms with Gasteiger partial charge >= 0.3 is 5.97 Å². The van der Waals surface area contributed by atoms with E-state index < -0.39 is 12.0 Å². The Balaban J connectivity index is 2.21. The number of benzene rings is 1. The third-order valence-electron chi connectivity index (χ3n) is 3.00. The van der Waals surface area contributed by atoms with E-state index >= 15 is 0 Å². The van der Waals surface area contributed by atoms with Gasteiger partial charge in [-0.3, -0.25) is 4.79 Å². The van der Waals surface area contributed by atoms with Gasteiger partial charge in [-0.25, -0.2) is 9.78 Å². The number of rotatable bonds is 4.